The first kappa shape index (κ1) is 17.9. The Kier molecular flexibility index (Phi) is 10.2. The molecule has 0 rings (SSSR count). The average molecular weight is 274 g/mol. The molecule has 0 heterocycles. The predicted molar refractivity (Wildman–Crippen MR) is 71.0 cm³/mol. The number of unbranched alkanes of at least 4 members (excludes halogenated alkanes) is 3. The normalized spacial score (nSPS) is 13.7. The van der Waals surface area contributed by atoms with Gasteiger partial charge < -0.3 is 5.11 Å². The third-order valence-corrected chi connectivity index (χ3v) is 2.95. The van der Waals surface area contributed by atoms with Gasteiger partial charge in [0.1, 0.15) is 0 Å². The lowest BCUT2D eigenvalue weighted by Gasteiger charge is -2.16. The second kappa shape index (κ2) is 10.8. The van der Waals surface area contributed by atoms with E-state index in [1.54, 1.807) is 0 Å². The Balaban J connectivity index is 4.00. The van der Waals surface area contributed by atoms with Gasteiger partial charge in [0.25, 0.3) is 0 Å². The van der Waals surface area contributed by atoms with E-state index >= 15 is 0 Å². The zero-order valence-corrected chi connectivity index (χ0v) is 12.2. The molecule has 0 saturated carbocycles. The van der Waals surface area contributed by atoms with Crippen LogP contribution in [0.5, 0.6) is 0 Å². The van der Waals surface area contributed by atoms with Gasteiger partial charge in [-0.05, 0) is 19.8 Å². The molecule has 112 valence electrons. The fraction of sp³-hybridized carbons (Fsp3) is 0.857. The van der Waals surface area contributed by atoms with Crippen LogP contribution in [0.1, 0.15) is 65.7 Å². The molecule has 0 bridgehead atoms. The summed E-state index contributed by atoms with van der Waals surface area (Å²) < 4.78 is 0. The quantitative estimate of drug-likeness (QED) is 0.397. The van der Waals surface area contributed by atoms with E-state index in [0.29, 0.717) is 6.42 Å². The van der Waals surface area contributed by atoms with Crippen molar-refractivity contribution in [1.82, 2.24) is 0 Å². The summed E-state index contributed by atoms with van der Waals surface area (Å²) in [5, 5.41) is 9.51. The van der Waals surface area contributed by atoms with Crippen LogP contribution < -0.4 is 0 Å². The Morgan fingerprint density at radius 1 is 1.05 bits per heavy atom. The average Bonchev–Trinajstić information content (AvgIpc) is 2.36. The number of aliphatic hydroxyl groups excluding tert-OH is 1. The monoisotopic (exact) mass is 274 g/mol. The lowest BCUT2D eigenvalue weighted by Crippen LogP contribution is -2.28. The maximum atomic E-state index is 11.7. The summed E-state index contributed by atoms with van der Waals surface area (Å²) in [6, 6.07) is 0. The predicted octanol–water partition coefficient (Wildman–Crippen LogP) is 2.76. The molecule has 5 heteroatoms. The highest BCUT2D eigenvalue weighted by Crippen LogP contribution is 2.15. The molecule has 0 fully saturated rings. The third-order valence-electron chi connectivity index (χ3n) is 2.95. The molecule has 0 aliphatic heterocycles. The van der Waals surface area contributed by atoms with Gasteiger partial charge in [-0.2, -0.15) is 0 Å². The lowest BCUT2D eigenvalue weighted by molar-refractivity contribution is -0.264. The first-order valence-electron chi connectivity index (χ1n) is 7.12. The van der Waals surface area contributed by atoms with Gasteiger partial charge in [0.05, 0.1) is 18.4 Å². The maximum absolute atomic E-state index is 11.7. The smallest absolute Gasteiger partial charge is 0.361 e. The van der Waals surface area contributed by atoms with Crippen molar-refractivity contribution in [2.75, 3.05) is 0 Å². The van der Waals surface area contributed by atoms with E-state index in [-0.39, 0.29) is 6.42 Å². The van der Waals surface area contributed by atoms with Crippen LogP contribution in [0.15, 0.2) is 0 Å². The van der Waals surface area contributed by atoms with Crippen molar-refractivity contribution in [2.24, 2.45) is 5.92 Å². The number of hydrogen-bond acceptors (Lipinski definition) is 5. The third kappa shape index (κ3) is 8.59. The standard InChI is InChI=1S/C14H26O5/c1-4-6-8-10-13(16)18-19-14(17)12(11(3)15)9-7-5-2/h11-12,15H,4-10H2,1-3H3. The van der Waals surface area contributed by atoms with Crippen molar-refractivity contribution in [3.63, 3.8) is 0 Å². The molecule has 5 nitrogen and oxygen atoms in total. The summed E-state index contributed by atoms with van der Waals surface area (Å²) in [6.45, 7) is 5.56. The zero-order chi connectivity index (χ0) is 14.7. The van der Waals surface area contributed by atoms with E-state index in [4.69, 9.17) is 0 Å². The molecule has 19 heavy (non-hydrogen) atoms. The van der Waals surface area contributed by atoms with Gasteiger partial charge in [-0.25, -0.2) is 19.4 Å². The van der Waals surface area contributed by atoms with Crippen LogP contribution in [0.4, 0.5) is 0 Å². The van der Waals surface area contributed by atoms with E-state index in [9.17, 15) is 14.7 Å². The SMILES string of the molecule is CCCCCC(=O)OOC(=O)C(CCCC)C(C)O. The van der Waals surface area contributed by atoms with Crippen molar-refractivity contribution >= 4 is 11.9 Å². The second-order valence-corrected chi connectivity index (χ2v) is 4.80. The first-order valence-corrected chi connectivity index (χ1v) is 7.12. The highest BCUT2D eigenvalue weighted by atomic mass is 17.2. The number of carbonyl (C=O) groups is 2. The van der Waals surface area contributed by atoms with Crippen LogP contribution in [-0.2, 0) is 19.4 Å². The number of aliphatic hydroxyl groups is 1. The van der Waals surface area contributed by atoms with E-state index in [2.05, 4.69) is 9.78 Å². The molecule has 2 unspecified atom stereocenters. The van der Waals surface area contributed by atoms with Crippen molar-refractivity contribution < 1.29 is 24.5 Å². The van der Waals surface area contributed by atoms with Gasteiger partial charge in [-0.1, -0.05) is 39.5 Å². The van der Waals surface area contributed by atoms with Crippen LogP contribution in [0.2, 0.25) is 0 Å². The molecule has 0 aliphatic rings. The molecule has 0 aromatic carbocycles. The van der Waals surface area contributed by atoms with E-state index in [0.717, 1.165) is 32.1 Å². The fourth-order valence-corrected chi connectivity index (χ4v) is 1.69. The van der Waals surface area contributed by atoms with Crippen molar-refractivity contribution in [1.29, 1.82) is 0 Å². The summed E-state index contributed by atoms with van der Waals surface area (Å²) in [5.41, 5.74) is 0. The fourth-order valence-electron chi connectivity index (χ4n) is 1.69. The molecule has 0 radical (unpaired) electrons. The zero-order valence-electron chi connectivity index (χ0n) is 12.2. The van der Waals surface area contributed by atoms with Crippen LogP contribution >= 0.6 is 0 Å². The van der Waals surface area contributed by atoms with Gasteiger partial charge in [-0.15, -0.1) is 0 Å². The molecule has 0 aromatic rings. The van der Waals surface area contributed by atoms with Gasteiger partial charge in [0, 0.05) is 0 Å². The summed E-state index contributed by atoms with van der Waals surface area (Å²) in [4.78, 5) is 31.9. The molecule has 1 N–H and O–H groups in total. The highest BCUT2D eigenvalue weighted by molar-refractivity contribution is 5.74. The Bertz CT molecular complexity index is 263. The first-order chi connectivity index (χ1) is 9.02. The van der Waals surface area contributed by atoms with Gasteiger partial charge in [0.15, 0.2) is 0 Å². The van der Waals surface area contributed by atoms with Gasteiger partial charge in [-0.3, -0.25) is 0 Å². The van der Waals surface area contributed by atoms with Crippen molar-refractivity contribution in [3.8, 4) is 0 Å². The summed E-state index contributed by atoms with van der Waals surface area (Å²) >= 11 is 0. The highest BCUT2D eigenvalue weighted by Gasteiger charge is 2.26. The van der Waals surface area contributed by atoms with E-state index in [1.165, 1.54) is 6.92 Å². The van der Waals surface area contributed by atoms with Gasteiger partial charge in [0.2, 0.25) is 0 Å². The topological polar surface area (TPSA) is 72.8 Å². The molecular formula is C14H26O5. The molecule has 2 atom stereocenters. The summed E-state index contributed by atoms with van der Waals surface area (Å²) in [5.74, 6) is -1.85. The summed E-state index contributed by atoms with van der Waals surface area (Å²) in [6.07, 6.45) is 4.38. The minimum atomic E-state index is -0.808. The van der Waals surface area contributed by atoms with Crippen molar-refractivity contribution in [3.05, 3.63) is 0 Å². The van der Waals surface area contributed by atoms with E-state index in [1.807, 2.05) is 13.8 Å². The minimum absolute atomic E-state index is 0.245. The number of rotatable bonds is 9. The molecule has 0 saturated heterocycles. The van der Waals surface area contributed by atoms with Gasteiger partial charge >= 0.3 is 11.9 Å². The Labute approximate surface area is 115 Å². The molecule has 0 aromatic heterocycles. The maximum Gasteiger partial charge on any atom is 0.361 e. The second-order valence-electron chi connectivity index (χ2n) is 4.80. The molecule has 0 amide bonds. The summed E-state index contributed by atoms with van der Waals surface area (Å²) in [7, 11) is 0. The molecule has 0 spiro atoms. The van der Waals surface area contributed by atoms with Crippen LogP contribution in [0.3, 0.4) is 0 Å². The lowest BCUT2D eigenvalue weighted by atomic mass is 9.97. The Hall–Kier alpha value is -1.10. The van der Waals surface area contributed by atoms with Crippen LogP contribution in [0.25, 0.3) is 0 Å². The Morgan fingerprint density at radius 2 is 1.68 bits per heavy atom. The van der Waals surface area contributed by atoms with E-state index < -0.39 is 24.0 Å². The molecule has 0 aliphatic carbocycles. The van der Waals surface area contributed by atoms with Crippen LogP contribution in [0, 0.1) is 5.92 Å². The number of hydrogen-bond donors (Lipinski definition) is 1. The largest absolute Gasteiger partial charge is 0.393 e. The van der Waals surface area contributed by atoms with Crippen molar-refractivity contribution in [2.45, 2.75) is 71.8 Å². The minimum Gasteiger partial charge on any atom is -0.393 e. The molecular weight excluding hydrogens is 248 g/mol. The Morgan fingerprint density at radius 3 is 2.21 bits per heavy atom. The number of carbonyl (C=O) groups excluding carboxylic acids is 2. The van der Waals surface area contributed by atoms with Crippen LogP contribution in [-0.4, -0.2) is 23.1 Å².